The second-order valence-electron chi connectivity index (χ2n) is 9.16. The zero-order valence-corrected chi connectivity index (χ0v) is 25.8. The van der Waals surface area contributed by atoms with Crippen LogP contribution in [0.5, 0.6) is 0 Å². The van der Waals surface area contributed by atoms with E-state index in [2.05, 4.69) is 5.32 Å². The van der Waals surface area contributed by atoms with Crippen molar-refractivity contribution in [1.29, 1.82) is 0 Å². The molecule has 3 aromatic rings. The largest absolute Gasteiger partial charge is 0.354 e. The molecule has 0 aliphatic heterocycles. The summed E-state index contributed by atoms with van der Waals surface area (Å²) >= 11 is 24.6. The van der Waals surface area contributed by atoms with Crippen molar-refractivity contribution in [3.63, 3.8) is 0 Å². The molecule has 0 saturated carbocycles. The molecule has 0 heterocycles. The Morgan fingerprint density at radius 2 is 1.52 bits per heavy atom. The standard InChI is InChI=1S/C28H29Cl4N3O4S/c1-3-11-33-28(37)26(13-19-7-5-4-6-8-19)34(17-20-9-10-24(31)25(32)12-20)27(36)18-35(40(2,38)39)23-15-21(29)14-22(30)16-23/h4-10,12,14-16,26H,3,11,13,17-18H2,1-2H3,(H,33,37)/t26-/m1/s1. The normalized spacial score (nSPS) is 12.1. The molecule has 0 bridgehead atoms. The summed E-state index contributed by atoms with van der Waals surface area (Å²) in [6, 6.07) is 17.5. The van der Waals surface area contributed by atoms with Crippen LogP contribution in [0.4, 0.5) is 5.69 Å². The molecule has 7 nitrogen and oxygen atoms in total. The first-order chi connectivity index (χ1) is 18.9. The quantitative estimate of drug-likeness (QED) is 0.253. The van der Waals surface area contributed by atoms with Crippen LogP contribution in [0.2, 0.25) is 20.1 Å². The molecule has 2 amide bonds. The lowest BCUT2D eigenvalue weighted by Gasteiger charge is -2.33. The minimum absolute atomic E-state index is 0.0271. The molecule has 0 radical (unpaired) electrons. The first-order valence-electron chi connectivity index (χ1n) is 12.4. The summed E-state index contributed by atoms with van der Waals surface area (Å²) in [6.45, 7) is 1.71. The third-order valence-electron chi connectivity index (χ3n) is 5.97. The number of hydrogen-bond acceptors (Lipinski definition) is 4. The molecule has 0 aromatic heterocycles. The van der Waals surface area contributed by atoms with E-state index in [4.69, 9.17) is 46.4 Å². The van der Waals surface area contributed by atoms with Gasteiger partial charge in [-0.05, 0) is 47.9 Å². The SMILES string of the molecule is CCCNC(=O)[C@@H](Cc1ccccc1)N(Cc1ccc(Cl)c(Cl)c1)C(=O)CN(c1cc(Cl)cc(Cl)c1)S(C)(=O)=O. The molecule has 0 saturated heterocycles. The van der Waals surface area contributed by atoms with Gasteiger partial charge >= 0.3 is 0 Å². The fourth-order valence-electron chi connectivity index (χ4n) is 4.05. The van der Waals surface area contributed by atoms with Gasteiger partial charge in [-0.1, -0.05) is 89.7 Å². The fourth-order valence-corrected chi connectivity index (χ4v) is 5.72. The summed E-state index contributed by atoms with van der Waals surface area (Å²) in [6.07, 6.45) is 1.88. The van der Waals surface area contributed by atoms with E-state index in [1.807, 2.05) is 37.3 Å². The third-order valence-corrected chi connectivity index (χ3v) is 8.29. The van der Waals surface area contributed by atoms with Crippen molar-refractivity contribution in [2.24, 2.45) is 0 Å². The number of nitrogens with zero attached hydrogens (tertiary/aromatic N) is 2. The van der Waals surface area contributed by atoms with Crippen LogP contribution in [0.25, 0.3) is 0 Å². The van der Waals surface area contributed by atoms with Gasteiger partial charge in [-0.25, -0.2) is 8.42 Å². The van der Waals surface area contributed by atoms with Gasteiger partial charge in [-0.15, -0.1) is 0 Å². The second kappa shape index (κ2) is 14.4. The van der Waals surface area contributed by atoms with Gasteiger partial charge in [-0.3, -0.25) is 13.9 Å². The van der Waals surface area contributed by atoms with Gasteiger partial charge in [0.2, 0.25) is 21.8 Å². The number of hydrogen-bond donors (Lipinski definition) is 1. The maximum atomic E-state index is 14.0. The Hall–Kier alpha value is -2.49. The summed E-state index contributed by atoms with van der Waals surface area (Å²) in [7, 11) is -3.95. The van der Waals surface area contributed by atoms with Gasteiger partial charge < -0.3 is 10.2 Å². The lowest BCUT2D eigenvalue weighted by atomic mass is 10.0. The Bertz CT molecular complexity index is 1430. The number of rotatable bonds is 12. The first kappa shape index (κ1) is 32.0. The highest BCUT2D eigenvalue weighted by Crippen LogP contribution is 2.28. The van der Waals surface area contributed by atoms with Crippen LogP contribution in [-0.2, 0) is 32.6 Å². The van der Waals surface area contributed by atoms with Gasteiger partial charge in [-0.2, -0.15) is 0 Å². The zero-order chi connectivity index (χ0) is 29.4. The average molecular weight is 645 g/mol. The van der Waals surface area contributed by atoms with Crippen molar-refractivity contribution in [2.75, 3.05) is 23.7 Å². The maximum absolute atomic E-state index is 14.0. The van der Waals surface area contributed by atoms with Crippen LogP contribution < -0.4 is 9.62 Å². The van der Waals surface area contributed by atoms with Crippen LogP contribution in [-0.4, -0.2) is 50.5 Å². The summed E-state index contributed by atoms with van der Waals surface area (Å²) in [5.74, 6) is -0.976. The molecule has 0 fully saturated rings. The molecule has 40 heavy (non-hydrogen) atoms. The molecule has 1 N–H and O–H groups in total. The molecule has 3 rings (SSSR count). The van der Waals surface area contributed by atoms with Crippen molar-refractivity contribution in [3.05, 3.63) is 97.9 Å². The number of halogens is 4. The monoisotopic (exact) mass is 643 g/mol. The molecular weight excluding hydrogens is 616 g/mol. The van der Waals surface area contributed by atoms with Crippen molar-refractivity contribution >= 4 is 73.9 Å². The molecular formula is C28H29Cl4N3O4S. The Morgan fingerprint density at radius 3 is 2.10 bits per heavy atom. The molecule has 3 aromatic carbocycles. The smallest absolute Gasteiger partial charge is 0.244 e. The van der Waals surface area contributed by atoms with Gasteiger partial charge in [0.25, 0.3) is 0 Å². The van der Waals surface area contributed by atoms with Crippen molar-refractivity contribution < 1.29 is 18.0 Å². The van der Waals surface area contributed by atoms with Crippen LogP contribution in [0.1, 0.15) is 24.5 Å². The van der Waals surface area contributed by atoms with Gasteiger partial charge in [0.15, 0.2) is 0 Å². The van der Waals surface area contributed by atoms with E-state index >= 15 is 0 Å². The van der Waals surface area contributed by atoms with E-state index in [1.54, 1.807) is 18.2 Å². The first-order valence-corrected chi connectivity index (χ1v) is 15.7. The molecule has 0 aliphatic carbocycles. The molecule has 214 valence electrons. The van der Waals surface area contributed by atoms with Gasteiger partial charge in [0.05, 0.1) is 22.0 Å². The van der Waals surface area contributed by atoms with Crippen molar-refractivity contribution in [3.8, 4) is 0 Å². The topological polar surface area (TPSA) is 86.8 Å². The predicted octanol–water partition coefficient (Wildman–Crippen LogP) is 6.23. The number of carbonyl (C=O) groups excluding carboxylic acids is 2. The van der Waals surface area contributed by atoms with Crippen LogP contribution in [0.15, 0.2) is 66.7 Å². The van der Waals surface area contributed by atoms with E-state index in [0.29, 0.717) is 23.6 Å². The number of sulfonamides is 1. The second-order valence-corrected chi connectivity index (χ2v) is 12.8. The van der Waals surface area contributed by atoms with E-state index in [0.717, 1.165) is 16.1 Å². The molecule has 12 heteroatoms. The summed E-state index contributed by atoms with van der Waals surface area (Å²) in [4.78, 5) is 28.9. The predicted molar refractivity (Wildman–Crippen MR) is 163 cm³/mol. The third kappa shape index (κ3) is 9.01. The highest BCUT2D eigenvalue weighted by atomic mass is 35.5. The lowest BCUT2D eigenvalue weighted by Crippen LogP contribution is -2.53. The zero-order valence-electron chi connectivity index (χ0n) is 21.9. The number of carbonyl (C=O) groups is 2. The molecule has 0 aliphatic rings. The van der Waals surface area contributed by atoms with Gasteiger partial charge in [0.1, 0.15) is 12.6 Å². The highest BCUT2D eigenvalue weighted by molar-refractivity contribution is 7.92. The number of benzene rings is 3. The van der Waals surface area contributed by atoms with E-state index in [-0.39, 0.29) is 39.6 Å². The van der Waals surface area contributed by atoms with Crippen LogP contribution in [0.3, 0.4) is 0 Å². The number of nitrogens with one attached hydrogen (secondary N) is 1. The van der Waals surface area contributed by atoms with Crippen LogP contribution >= 0.6 is 46.4 Å². The van der Waals surface area contributed by atoms with E-state index in [9.17, 15) is 18.0 Å². The van der Waals surface area contributed by atoms with E-state index in [1.165, 1.54) is 23.1 Å². The Balaban J connectivity index is 2.08. The maximum Gasteiger partial charge on any atom is 0.244 e. The molecule has 0 spiro atoms. The average Bonchev–Trinajstić information content (AvgIpc) is 2.89. The summed E-state index contributed by atoms with van der Waals surface area (Å²) < 4.78 is 26.6. The van der Waals surface area contributed by atoms with Crippen molar-refractivity contribution in [2.45, 2.75) is 32.4 Å². The highest BCUT2D eigenvalue weighted by Gasteiger charge is 2.33. The fraction of sp³-hybridized carbons (Fsp3) is 0.286. The summed E-state index contributed by atoms with van der Waals surface area (Å²) in [5.41, 5.74) is 1.56. The number of amides is 2. The Labute approximate surface area is 255 Å². The molecule has 0 unspecified atom stereocenters. The lowest BCUT2D eigenvalue weighted by molar-refractivity contribution is -0.140. The summed E-state index contributed by atoms with van der Waals surface area (Å²) in [5, 5.41) is 3.91. The minimum atomic E-state index is -3.95. The van der Waals surface area contributed by atoms with Gasteiger partial charge in [0, 0.05) is 29.6 Å². The minimum Gasteiger partial charge on any atom is -0.354 e. The number of anilines is 1. The van der Waals surface area contributed by atoms with Crippen molar-refractivity contribution in [1.82, 2.24) is 10.2 Å². The Morgan fingerprint density at radius 1 is 0.875 bits per heavy atom. The van der Waals surface area contributed by atoms with E-state index < -0.39 is 28.5 Å². The van der Waals surface area contributed by atoms with Crippen LogP contribution in [0, 0.1) is 0 Å². The molecule has 1 atom stereocenters. The Kier molecular flexibility index (Phi) is 11.5.